The standard InChI is InChI=1S/C21H19ClN2O3S2/c1-27-17-10-5-4-9-16(17)23-19(25)11-6-12-24-20(26)18(29-21(24)28)13-14-7-2-3-8-15(14)22/h2-5,7-10,13H,6,11-12H2,1H3,(H,23,25)/b18-13-. The number of halogens is 1. The molecule has 0 aliphatic carbocycles. The van der Waals surface area contributed by atoms with E-state index in [9.17, 15) is 9.59 Å². The molecule has 0 atom stereocenters. The quantitative estimate of drug-likeness (QED) is 0.480. The average Bonchev–Trinajstić information content (AvgIpc) is 2.97. The molecule has 1 aliphatic heterocycles. The van der Waals surface area contributed by atoms with Crippen LogP contribution < -0.4 is 10.1 Å². The highest BCUT2D eigenvalue weighted by Gasteiger charge is 2.31. The zero-order valence-electron chi connectivity index (χ0n) is 15.7. The molecule has 0 aromatic heterocycles. The number of nitrogens with one attached hydrogen (secondary N) is 1. The first kappa shape index (κ1) is 21.4. The molecule has 29 heavy (non-hydrogen) atoms. The zero-order chi connectivity index (χ0) is 20.8. The summed E-state index contributed by atoms with van der Waals surface area (Å²) in [6.45, 7) is 0.379. The van der Waals surface area contributed by atoms with E-state index in [-0.39, 0.29) is 18.2 Å². The van der Waals surface area contributed by atoms with E-state index in [4.69, 9.17) is 28.6 Å². The van der Waals surface area contributed by atoms with Crippen LogP contribution in [0.15, 0.2) is 53.4 Å². The molecule has 1 fully saturated rings. The van der Waals surface area contributed by atoms with E-state index < -0.39 is 0 Å². The minimum atomic E-state index is -0.162. The highest BCUT2D eigenvalue weighted by Crippen LogP contribution is 2.34. The largest absolute Gasteiger partial charge is 0.495 e. The number of amides is 2. The van der Waals surface area contributed by atoms with E-state index in [0.717, 1.165) is 5.56 Å². The Kier molecular flexibility index (Phi) is 7.30. The molecule has 2 amide bonds. The van der Waals surface area contributed by atoms with Crippen LogP contribution in [-0.4, -0.2) is 34.7 Å². The second kappa shape index (κ2) is 9.91. The van der Waals surface area contributed by atoms with Crippen molar-refractivity contribution in [3.05, 3.63) is 64.0 Å². The third-order valence-corrected chi connectivity index (χ3v) is 5.95. The summed E-state index contributed by atoms with van der Waals surface area (Å²) in [6, 6.07) is 14.5. The van der Waals surface area contributed by atoms with Gasteiger partial charge in [0.15, 0.2) is 0 Å². The number of carbonyl (C=O) groups excluding carboxylic acids is 2. The number of rotatable bonds is 7. The maximum Gasteiger partial charge on any atom is 0.266 e. The van der Waals surface area contributed by atoms with Gasteiger partial charge in [-0.25, -0.2) is 0 Å². The van der Waals surface area contributed by atoms with E-state index >= 15 is 0 Å². The molecule has 150 valence electrons. The summed E-state index contributed by atoms with van der Waals surface area (Å²) in [5, 5.41) is 3.40. The first-order chi connectivity index (χ1) is 14.0. The maximum absolute atomic E-state index is 12.7. The van der Waals surface area contributed by atoms with Crippen molar-refractivity contribution in [1.82, 2.24) is 4.90 Å². The fourth-order valence-electron chi connectivity index (χ4n) is 2.78. The Morgan fingerprint density at radius 2 is 1.97 bits per heavy atom. The van der Waals surface area contributed by atoms with Gasteiger partial charge in [-0.1, -0.05) is 65.9 Å². The van der Waals surface area contributed by atoms with Gasteiger partial charge >= 0.3 is 0 Å². The monoisotopic (exact) mass is 446 g/mol. The van der Waals surface area contributed by atoms with Gasteiger partial charge < -0.3 is 10.1 Å². The van der Waals surface area contributed by atoms with Crippen molar-refractivity contribution in [3.63, 3.8) is 0 Å². The molecule has 3 rings (SSSR count). The van der Waals surface area contributed by atoms with Crippen molar-refractivity contribution in [2.75, 3.05) is 19.0 Å². The van der Waals surface area contributed by atoms with Crippen LogP contribution in [0.25, 0.3) is 6.08 Å². The van der Waals surface area contributed by atoms with Gasteiger partial charge in [-0.3, -0.25) is 14.5 Å². The molecule has 0 bridgehead atoms. The summed E-state index contributed by atoms with van der Waals surface area (Å²) in [7, 11) is 1.55. The van der Waals surface area contributed by atoms with Gasteiger partial charge in [0.1, 0.15) is 10.1 Å². The van der Waals surface area contributed by atoms with Gasteiger partial charge in [-0.05, 0) is 36.3 Å². The fraction of sp³-hybridized carbons (Fsp3) is 0.190. The number of ether oxygens (including phenoxy) is 1. The van der Waals surface area contributed by atoms with E-state index in [1.807, 2.05) is 30.3 Å². The topological polar surface area (TPSA) is 58.6 Å². The van der Waals surface area contributed by atoms with E-state index in [1.54, 1.807) is 31.4 Å². The fourth-order valence-corrected chi connectivity index (χ4v) is 4.27. The summed E-state index contributed by atoms with van der Waals surface area (Å²) in [6.07, 6.45) is 2.50. The van der Waals surface area contributed by atoms with Crippen molar-refractivity contribution < 1.29 is 14.3 Å². The lowest BCUT2D eigenvalue weighted by molar-refractivity contribution is -0.122. The van der Waals surface area contributed by atoms with Crippen LogP contribution in [0.2, 0.25) is 5.02 Å². The summed E-state index contributed by atoms with van der Waals surface area (Å²) in [5.41, 5.74) is 1.39. The van der Waals surface area contributed by atoms with Crippen LogP contribution >= 0.6 is 35.6 Å². The Hall–Kier alpha value is -2.35. The third kappa shape index (κ3) is 5.38. The summed E-state index contributed by atoms with van der Waals surface area (Å²) in [4.78, 5) is 27.0. The minimum absolute atomic E-state index is 0.147. The molecule has 0 unspecified atom stereocenters. The Balaban J connectivity index is 1.55. The molecule has 1 aliphatic rings. The van der Waals surface area contributed by atoms with Crippen molar-refractivity contribution in [1.29, 1.82) is 0 Å². The van der Waals surface area contributed by atoms with Crippen LogP contribution in [-0.2, 0) is 9.59 Å². The van der Waals surface area contributed by atoms with Crippen molar-refractivity contribution >= 4 is 63.5 Å². The molecule has 1 N–H and O–H groups in total. The highest BCUT2D eigenvalue weighted by molar-refractivity contribution is 8.26. The lowest BCUT2D eigenvalue weighted by atomic mass is 10.2. The molecule has 5 nitrogen and oxygen atoms in total. The number of hydrogen-bond donors (Lipinski definition) is 1. The average molecular weight is 447 g/mol. The Bertz CT molecular complexity index is 978. The molecule has 0 spiro atoms. The second-order valence-electron chi connectivity index (χ2n) is 6.21. The predicted octanol–water partition coefficient (Wildman–Crippen LogP) is 4.97. The molecule has 1 saturated heterocycles. The molecule has 2 aromatic carbocycles. The lowest BCUT2D eigenvalue weighted by Crippen LogP contribution is -2.29. The smallest absolute Gasteiger partial charge is 0.266 e. The summed E-state index contributed by atoms with van der Waals surface area (Å²) >= 11 is 12.7. The van der Waals surface area contributed by atoms with Gasteiger partial charge in [0.05, 0.1) is 17.7 Å². The number of carbonyl (C=O) groups is 2. The van der Waals surface area contributed by atoms with Crippen LogP contribution in [0.4, 0.5) is 5.69 Å². The zero-order valence-corrected chi connectivity index (χ0v) is 18.1. The maximum atomic E-state index is 12.7. The van der Waals surface area contributed by atoms with Gasteiger partial charge in [-0.2, -0.15) is 0 Å². The Morgan fingerprint density at radius 1 is 1.24 bits per heavy atom. The van der Waals surface area contributed by atoms with Crippen LogP contribution in [0.1, 0.15) is 18.4 Å². The van der Waals surface area contributed by atoms with Crippen molar-refractivity contribution in [2.45, 2.75) is 12.8 Å². The molecular formula is C21H19ClN2O3S2. The minimum Gasteiger partial charge on any atom is -0.495 e. The number of hydrogen-bond acceptors (Lipinski definition) is 5. The van der Waals surface area contributed by atoms with Crippen molar-refractivity contribution in [3.8, 4) is 5.75 Å². The Labute approximate surface area is 184 Å². The number of thioether (sulfide) groups is 1. The van der Waals surface area contributed by atoms with Gasteiger partial charge in [0, 0.05) is 18.0 Å². The number of nitrogens with zero attached hydrogens (tertiary/aromatic N) is 1. The van der Waals surface area contributed by atoms with E-state index in [0.29, 0.717) is 38.7 Å². The SMILES string of the molecule is COc1ccccc1NC(=O)CCCN1C(=O)/C(=C/c2ccccc2Cl)SC1=S. The summed E-state index contributed by atoms with van der Waals surface area (Å²) < 4.78 is 5.71. The molecule has 2 aromatic rings. The molecule has 0 radical (unpaired) electrons. The first-order valence-corrected chi connectivity index (χ1v) is 10.5. The number of benzene rings is 2. The van der Waals surface area contributed by atoms with Gasteiger partial charge in [-0.15, -0.1) is 0 Å². The number of thiocarbonyl (C=S) groups is 1. The molecule has 0 saturated carbocycles. The number of para-hydroxylation sites is 2. The summed E-state index contributed by atoms with van der Waals surface area (Å²) in [5.74, 6) is 0.291. The van der Waals surface area contributed by atoms with E-state index in [1.165, 1.54) is 16.7 Å². The van der Waals surface area contributed by atoms with Crippen LogP contribution in [0.3, 0.4) is 0 Å². The van der Waals surface area contributed by atoms with Crippen LogP contribution in [0, 0.1) is 0 Å². The second-order valence-corrected chi connectivity index (χ2v) is 8.29. The first-order valence-electron chi connectivity index (χ1n) is 8.92. The van der Waals surface area contributed by atoms with Gasteiger partial charge in [0.25, 0.3) is 5.91 Å². The van der Waals surface area contributed by atoms with E-state index in [2.05, 4.69) is 5.32 Å². The third-order valence-electron chi connectivity index (χ3n) is 4.23. The number of methoxy groups -OCH3 is 1. The predicted molar refractivity (Wildman–Crippen MR) is 122 cm³/mol. The normalized spacial score (nSPS) is 15.1. The Morgan fingerprint density at radius 3 is 2.72 bits per heavy atom. The van der Waals surface area contributed by atoms with Gasteiger partial charge in [0.2, 0.25) is 5.91 Å². The molecule has 1 heterocycles. The van der Waals surface area contributed by atoms with Crippen molar-refractivity contribution in [2.24, 2.45) is 0 Å². The number of anilines is 1. The highest BCUT2D eigenvalue weighted by atomic mass is 35.5. The lowest BCUT2D eigenvalue weighted by Gasteiger charge is -2.14. The molecular weight excluding hydrogens is 428 g/mol. The molecule has 8 heteroatoms. The van der Waals surface area contributed by atoms with Crippen LogP contribution in [0.5, 0.6) is 5.75 Å².